The summed E-state index contributed by atoms with van der Waals surface area (Å²) in [5.74, 6) is -4.25. The molecule has 0 bridgehead atoms. The summed E-state index contributed by atoms with van der Waals surface area (Å²) < 4.78 is 39.0. The van der Waals surface area contributed by atoms with E-state index in [1.54, 1.807) is 20.8 Å². The molecule has 7 nitrogen and oxygen atoms in total. The molecular formula is C26H36F3N3O4. The molecule has 3 fully saturated rings. The number of piperidine rings is 1. The Morgan fingerprint density at radius 3 is 2.31 bits per heavy atom. The van der Waals surface area contributed by atoms with Gasteiger partial charge in [-0.25, -0.2) is 0 Å². The number of halogens is 3. The van der Waals surface area contributed by atoms with E-state index in [9.17, 15) is 37.6 Å². The lowest BCUT2D eigenvalue weighted by atomic mass is 9.76. The quantitative estimate of drug-likeness (QED) is 0.559. The van der Waals surface area contributed by atoms with E-state index < -0.39 is 53.6 Å². The SMILES string of the molecule is CC1(C)CC(=O)C(CC(C#N)NC(=O)C2CC3CC3CN2C(=O)C(CC(=O)C(F)(F)F)C(C)(C)C)C1. The van der Waals surface area contributed by atoms with Crippen molar-refractivity contribution in [3.63, 3.8) is 0 Å². The highest BCUT2D eigenvalue weighted by Gasteiger charge is 2.52. The van der Waals surface area contributed by atoms with Crippen molar-refractivity contribution in [2.24, 2.45) is 34.5 Å². The third-order valence-electron chi connectivity index (χ3n) is 7.94. The second-order valence-electron chi connectivity index (χ2n) is 12.7. The van der Waals surface area contributed by atoms with E-state index in [4.69, 9.17) is 0 Å². The Labute approximate surface area is 210 Å². The number of nitriles is 1. The lowest BCUT2D eigenvalue weighted by Gasteiger charge is -2.40. The molecule has 36 heavy (non-hydrogen) atoms. The van der Waals surface area contributed by atoms with Crippen LogP contribution in [-0.4, -0.2) is 53.1 Å². The molecule has 6 unspecified atom stereocenters. The first kappa shape index (κ1) is 28.1. The monoisotopic (exact) mass is 511 g/mol. The summed E-state index contributed by atoms with van der Waals surface area (Å²) in [6, 6.07) is 0.196. The molecule has 0 aromatic heterocycles. The number of nitrogens with zero attached hydrogens (tertiary/aromatic N) is 2. The molecule has 0 aromatic rings. The standard InChI is InChI=1S/C26H36F3N3O4/c1-24(2,3)18(9-21(34)26(27,28)29)23(36)32-13-16-6-14(16)8-19(32)22(35)31-17(12-30)7-15-10-25(4,5)11-20(15)33/h14-19H,6-11,13H2,1-5H3,(H,31,35). The van der Waals surface area contributed by atoms with Crippen molar-refractivity contribution >= 4 is 23.4 Å². The zero-order valence-electron chi connectivity index (χ0n) is 21.6. The second kappa shape index (κ2) is 9.79. The van der Waals surface area contributed by atoms with Crippen LogP contribution in [0.4, 0.5) is 13.2 Å². The molecule has 1 heterocycles. The van der Waals surface area contributed by atoms with Crippen LogP contribution in [0, 0.1) is 45.8 Å². The molecule has 1 N–H and O–H groups in total. The van der Waals surface area contributed by atoms with Gasteiger partial charge in [-0.3, -0.25) is 19.2 Å². The summed E-state index contributed by atoms with van der Waals surface area (Å²) in [7, 11) is 0. The van der Waals surface area contributed by atoms with E-state index in [1.165, 1.54) is 4.90 Å². The predicted molar refractivity (Wildman–Crippen MR) is 124 cm³/mol. The number of rotatable bonds is 7. The van der Waals surface area contributed by atoms with E-state index in [0.29, 0.717) is 19.3 Å². The van der Waals surface area contributed by atoms with Crippen LogP contribution in [0.1, 0.15) is 73.1 Å². The molecule has 2 saturated carbocycles. The zero-order chi connectivity index (χ0) is 27.2. The van der Waals surface area contributed by atoms with Crippen molar-refractivity contribution < 1.29 is 32.3 Å². The Morgan fingerprint density at radius 2 is 1.81 bits per heavy atom. The zero-order valence-corrected chi connectivity index (χ0v) is 21.6. The number of hydrogen-bond donors (Lipinski definition) is 1. The van der Waals surface area contributed by atoms with Crippen LogP contribution < -0.4 is 5.32 Å². The average Bonchev–Trinajstić information content (AvgIpc) is 3.45. The van der Waals surface area contributed by atoms with Gasteiger partial charge in [-0.2, -0.15) is 18.4 Å². The van der Waals surface area contributed by atoms with Crippen LogP contribution in [0.3, 0.4) is 0 Å². The highest BCUT2D eigenvalue weighted by Crippen LogP contribution is 2.48. The third kappa shape index (κ3) is 6.46. The fourth-order valence-corrected chi connectivity index (χ4v) is 5.75. The first-order chi connectivity index (χ1) is 16.4. The van der Waals surface area contributed by atoms with Gasteiger partial charge in [0, 0.05) is 25.3 Å². The number of Topliss-reactive ketones (excluding diaryl/α,β-unsaturated/α-hetero) is 2. The van der Waals surface area contributed by atoms with Gasteiger partial charge in [0.15, 0.2) is 0 Å². The highest BCUT2D eigenvalue weighted by molar-refractivity contribution is 5.93. The van der Waals surface area contributed by atoms with Crippen molar-refractivity contribution in [2.75, 3.05) is 6.54 Å². The topological polar surface area (TPSA) is 107 Å². The smallest absolute Gasteiger partial charge is 0.339 e. The Hall–Kier alpha value is -2.44. The van der Waals surface area contributed by atoms with Gasteiger partial charge in [0.25, 0.3) is 0 Å². The van der Waals surface area contributed by atoms with E-state index >= 15 is 0 Å². The number of hydrogen-bond acceptors (Lipinski definition) is 5. The van der Waals surface area contributed by atoms with Crippen LogP contribution in [0.5, 0.6) is 0 Å². The van der Waals surface area contributed by atoms with Gasteiger partial charge in [-0.15, -0.1) is 0 Å². The Balaban J connectivity index is 1.75. The van der Waals surface area contributed by atoms with Gasteiger partial charge < -0.3 is 10.2 Å². The van der Waals surface area contributed by atoms with Gasteiger partial charge >= 0.3 is 6.18 Å². The van der Waals surface area contributed by atoms with Crippen LogP contribution >= 0.6 is 0 Å². The predicted octanol–water partition coefficient (Wildman–Crippen LogP) is 3.81. The number of fused-ring (bicyclic) bond motifs is 1. The van der Waals surface area contributed by atoms with Crippen LogP contribution in [0.25, 0.3) is 0 Å². The summed E-state index contributed by atoms with van der Waals surface area (Å²) in [6.07, 6.45) is -3.62. The minimum atomic E-state index is -5.05. The van der Waals surface area contributed by atoms with E-state index in [-0.39, 0.29) is 41.9 Å². The van der Waals surface area contributed by atoms with Gasteiger partial charge in [0.1, 0.15) is 17.9 Å². The van der Waals surface area contributed by atoms with Crippen molar-refractivity contribution in [1.29, 1.82) is 5.26 Å². The molecule has 0 aromatic carbocycles. The van der Waals surface area contributed by atoms with Gasteiger partial charge in [0.05, 0.1) is 12.0 Å². The molecule has 3 rings (SSSR count). The van der Waals surface area contributed by atoms with E-state index in [1.807, 2.05) is 19.9 Å². The lowest BCUT2D eigenvalue weighted by molar-refractivity contribution is -0.174. The molecular weight excluding hydrogens is 475 g/mol. The molecule has 1 aliphatic heterocycles. The molecule has 1 saturated heterocycles. The number of carbonyl (C=O) groups excluding carboxylic acids is 4. The lowest BCUT2D eigenvalue weighted by Crippen LogP contribution is -2.57. The van der Waals surface area contributed by atoms with Crippen LogP contribution in [0.2, 0.25) is 0 Å². The number of carbonyl (C=O) groups is 4. The molecule has 2 aliphatic carbocycles. The number of likely N-dealkylation sites (tertiary alicyclic amines) is 1. The van der Waals surface area contributed by atoms with Crippen molar-refractivity contribution in [3.8, 4) is 6.07 Å². The normalized spacial score (nSPS) is 29.1. The summed E-state index contributed by atoms with van der Waals surface area (Å²) in [6.45, 7) is 9.01. The largest absolute Gasteiger partial charge is 0.449 e. The summed E-state index contributed by atoms with van der Waals surface area (Å²) in [5, 5.41) is 12.3. The van der Waals surface area contributed by atoms with E-state index in [0.717, 1.165) is 6.42 Å². The molecule has 6 atom stereocenters. The maximum atomic E-state index is 13.6. The summed E-state index contributed by atoms with van der Waals surface area (Å²) in [4.78, 5) is 52.3. The summed E-state index contributed by atoms with van der Waals surface area (Å²) >= 11 is 0. The average molecular weight is 512 g/mol. The van der Waals surface area contributed by atoms with Crippen LogP contribution in [0.15, 0.2) is 0 Å². The van der Waals surface area contributed by atoms with Crippen molar-refractivity contribution in [1.82, 2.24) is 10.2 Å². The minimum Gasteiger partial charge on any atom is -0.339 e. The second-order valence-corrected chi connectivity index (χ2v) is 12.7. The fourth-order valence-electron chi connectivity index (χ4n) is 5.75. The first-order valence-corrected chi connectivity index (χ1v) is 12.6. The number of amides is 2. The summed E-state index contributed by atoms with van der Waals surface area (Å²) in [5.41, 5.74) is -1.10. The fraction of sp³-hybridized carbons (Fsp3) is 0.808. The van der Waals surface area contributed by atoms with E-state index in [2.05, 4.69) is 5.32 Å². The number of ketones is 2. The minimum absolute atomic E-state index is 0.0622. The van der Waals surface area contributed by atoms with Gasteiger partial charge in [0.2, 0.25) is 17.6 Å². The molecule has 0 spiro atoms. The highest BCUT2D eigenvalue weighted by atomic mass is 19.4. The van der Waals surface area contributed by atoms with Crippen LogP contribution in [-0.2, 0) is 19.2 Å². The molecule has 3 aliphatic rings. The molecule has 2 amide bonds. The maximum absolute atomic E-state index is 13.6. The third-order valence-corrected chi connectivity index (χ3v) is 7.94. The Kier molecular flexibility index (Phi) is 7.65. The van der Waals surface area contributed by atoms with Crippen molar-refractivity contribution in [2.45, 2.75) is 91.4 Å². The number of nitrogens with one attached hydrogen (secondary N) is 1. The maximum Gasteiger partial charge on any atom is 0.449 e. The Morgan fingerprint density at radius 1 is 1.17 bits per heavy atom. The first-order valence-electron chi connectivity index (χ1n) is 12.6. The molecule has 10 heteroatoms. The molecule has 0 radical (unpaired) electrons. The Bertz CT molecular complexity index is 963. The van der Waals surface area contributed by atoms with Crippen molar-refractivity contribution in [3.05, 3.63) is 0 Å². The van der Waals surface area contributed by atoms with Gasteiger partial charge in [-0.05, 0) is 48.3 Å². The molecule has 200 valence electrons. The van der Waals surface area contributed by atoms with Gasteiger partial charge in [-0.1, -0.05) is 34.6 Å². The number of alkyl halides is 3.